The zero-order chi connectivity index (χ0) is 27.4. The smallest absolute Gasteiger partial charge is 0.405 e. The maximum absolute atomic E-state index is 13.8. The van der Waals surface area contributed by atoms with Crippen molar-refractivity contribution in [2.24, 2.45) is 0 Å². The molecule has 1 aliphatic rings. The lowest BCUT2D eigenvalue weighted by Crippen LogP contribution is -2.24. The molecule has 3 N–H and O–H groups in total. The molecule has 13 heteroatoms. The molecule has 8 nitrogen and oxygen atoms in total. The molecule has 38 heavy (non-hydrogen) atoms. The van der Waals surface area contributed by atoms with Crippen molar-refractivity contribution in [3.8, 4) is 16.9 Å². The summed E-state index contributed by atoms with van der Waals surface area (Å²) in [5, 5.41) is 13.5. The molecule has 0 bridgehead atoms. The monoisotopic (exact) mass is 532 g/mol. The zero-order valence-corrected chi connectivity index (χ0v) is 19.8. The third-order valence-corrected chi connectivity index (χ3v) is 5.34. The first kappa shape index (κ1) is 26.5. The maximum atomic E-state index is 13.8. The van der Waals surface area contributed by atoms with Gasteiger partial charge in [-0.3, -0.25) is 9.36 Å². The number of alkyl halides is 5. The number of benzene rings is 1. The highest BCUT2D eigenvalue weighted by Gasteiger charge is 2.27. The van der Waals surface area contributed by atoms with Gasteiger partial charge < -0.3 is 20.8 Å². The van der Waals surface area contributed by atoms with E-state index in [1.165, 1.54) is 47.3 Å². The van der Waals surface area contributed by atoms with Crippen molar-refractivity contribution in [2.75, 3.05) is 18.4 Å². The van der Waals surface area contributed by atoms with Crippen LogP contribution in [0.3, 0.4) is 0 Å². The van der Waals surface area contributed by atoms with E-state index in [1.54, 1.807) is 18.4 Å². The average Bonchev–Trinajstić information content (AvgIpc) is 2.86. The lowest BCUT2D eigenvalue weighted by Gasteiger charge is -2.17. The molecule has 0 radical (unpaired) electrons. The Morgan fingerprint density at radius 1 is 1.18 bits per heavy atom. The highest BCUT2D eigenvalue weighted by atomic mass is 19.4. The molecule has 0 amide bonds. The number of halogens is 5. The summed E-state index contributed by atoms with van der Waals surface area (Å²) < 4.78 is 69.0. The van der Waals surface area contributed by atoms with Crippen LogP contribution in [0.15, 0.2) is 71.5 Å². The Bertz CT molecular complexity index is 1510. The van der Waals surface area contributed by atoms with Crippen LogP contribution in [-0.4, -0.2) is 46.1 Å². The van der Waals surface area contributed by atoms with Crippen molar-refractivity contribution in [3.63, 3.8) is 0 Å². The lowest BCUT2D eigenvalue weighted by atomic mass is 10.0. The van der Waals surface area contributed by atoms with E-state index in [0.29, 0.717) is 23.2 Å². The molecule has 198 valence electrons. The number of rotatable bonds is 8. The number of hydrogen-bond acceptors (Lipinski definition) is 7. The van der Waals surface area contributed by atoms with E-state index in [0.717, 1.165) is 0 Å². The number of hydrogen-bond donors (Lipinski definition) is 3. The Hall–Kier alpha value is -4.55. The predicted octanol–water partition coefficient (Wildman–Crippen LogP) is 4.96. The van der Waals surface area contributed by atoms with Gasteiger partial charge in [-0.15, -0.1) is 0 Å². The van der Waals surface area contributed by atoms with Gasteiger partial charge in [0.15, 0.2) is 0 Å². The molecule has 0 fully saturated rings. The topological polar surface area (TPSA) is 105 Å². The summed E-state index contributed by atoms with van der Waals surface area (Å²) in [4.78, 5) is 21.9. The van der Waals surface area contributed by atoms with E-state index in [1.807, 2.05) is 6.92 Å². The Morgan fingerprint density at radius 2 is 1.92 bits per heavy atom. The van der Waals surface area contributed by atoms with Gasteiger partial charge in [-0.1, -0.05) is 12.1 Å². The van der Waals surface area contributed by atoms with E-state index in [2.05, 4.69) is 25.3 Å². The van der Waals surface area contributed by atoms with Gasteiger partial charge in [0.1, 0.15) is 12.3 Å². The fourth-order valence-corrected chi connectivity index (χ4v) is 3.66. The zero-order valence-electron chi connectivity index (χ0n) is 19.8. The van der Waals surface area contributed by atoms with Crippen LogP contribution in [0.1, 0.15) is 6.92 Å². The third kappa shape index (κ3) is 6.05. The highest BCUT2D eigenvalue weighted by molar-refractivity contribution is 6.12. The van der Waals surface area contributed by atoms with Crippen LogP contribution in [0.2, 0.25) is 0 Å². The van der Waals surface area contributed by atoms with Crippen LogP contribution in [0.25, 0.3) is 27.7 Å². The summed E-state index contributed by atoms with van der Waals surface area (Å²) in [6.07, 6.45) is 4.56. The van der Waals surface area contributed by atoms with Crippen LogP contribution in [0, 0.1) is 5.41 Å². The standard InChI is InChI=1S/C25H21F5N6O2/c1-2-32-10-15-9-17(5-8-19(15)31)36-12-16-11-33-24(34-13-25(28,29)30)35-21(16)20(22(36)37)14-3-6-18(7-4-14)38-23(26)27/h3-12,23,31-32H,2,13H2,1H3,(H,34,35)/b15-10-,31-19?. The van der Waals surface area contributed by atoms with Gasteiger partial charge in [0.25, 0.3) is 5.56 Å². The first-order valence-corrected chi connectivity index (χ1v) is 11.3. The van der Waals surface area contributed by atoms with Crippen molar-refractivity contribution in [1.82, 2.24) is 19.9 Å². The molecular formula is C25H21F5N6O2. The van der Waals surface area contributed by atoms with Crippen molar-refractivity contribution >= 4 is 28.3 Å². The van der Waals surface area contributed by atoms with Gasteiger partial charge in [0.05, 0.1) is 16.8 Å². The van der Waals surface area contributed by atoms with E-state index in [-0.39, 0.29) is 34.1 Å². The van der Waals surface area contributed by atoms with Gasteiger partial charge in [-0.25, -0.2) is 9.97 Å². The van der Waals surface area contributed by atoms with Gasteiger partial charge in [-0.05, 0) is 42.8 Å². The number of fused-ring (bicyclic) bond motifs is 1. The molecule has 0 saturated carbocycles. The SMILES string of the molecule is CCN/C=C1/C=C(n2cc3cnc(NCC(F)(F)F)nc3c(-c3ccc(OC(F)F)cc3)c2=O)C=CC1=N. The third-order valence-electron chi connectivity index (χ3n) is 5.34. The van der Waals surface area contributed by atoms with Crippen molar-refractivity contribution in [3.05, 3.63) is 77.0 Å². The minimum absolute atomic E-state index is 0.00992. The quantitative estimate of drug-likeness (QED) is 0.355. The molecule has 3 aromatic rings. The van der Waals surface area contributed by atoms with Gasteiger partial charge >= 0.3 is 12.8 Å². The molecule has 0 unspecified atom stereocenters. The first-order valence-electron chi connectivity index (χ1n) is 11.3. The number of pyridine rings is 1. The molecule has 0 spiro atoms. The predicted molar refractivity (Wildman–Crippen MR) is 133 cm³/mol. The van der Waals surface area contributed by atoms with Gasteiger partial charge in [-0.2, -0.15) is 22.0 Å². The van der Waals surface area contributed by atoms with Crippen LogP contribution < -0.4 is 20.9 Å². The summed E-state index contributed by atoms with van der Waals surface area (Å²) in [7, 11) is 0. The number of allylic oxidation sites excluding steroid dienone is 5. The maximum Gasteiger partial charge on any atom is 0.405 e. The number of ether oxygens (including phenoxy) is 1. The number of nitrogens with zero attached hydrogens (tertiary/aromatic N) is 3. The molecule has 1 aromatic carbocycles. The van der Waals surface area contributed by atoms with E-state index >= 15 is 0 Å². The Morgan fingerprint density at radius 3 is 2.58 bits per heavy atom. The van der Waals surface area contributed by atoms with E-state index < -0.39 is 24.9 Å². The summed E-state index contributed by atoms with van der Waals surface area (Å²) in [6, 6.07) is 5.24. The molecule has 1 aliphatic carbocycles. The fourth-order valence-electron chi connectivity index (χ4n) is 3.66. The fraction of sp³-hybridized carbons (Fsp3) is 0.200. The minimum atomic E-state index is -4.52. The Balaban J connectivity index is 1.89. The minimum Gasteiger partial charge on any atom is -0.435 e. The van der Waals surface area contributed by atoms with Gasteiger partial charge in [0.2, 0.25) is 5.95 Å². The van der Waals surface area contributed by atoms with Crippen molar-refractivity contribution in [2.45, 2.75) is 19.7 Å². The van der Waals surface area contributed by atoms with Crippen LogP contribution >= 0.6 is 0 Å². The summed E-state index contributed by atoms with van der Waals surface area (Å²) >= 11 is 0. The second kappa shape index (κ2) is 10.8. The molecule has 2 aromatic heterocycles. The van der Waals surface area contributed by atoms with Crippen LogP contribution in [0.5, 0.6) is 5.75 Å². The number of aromatic nitrogens is 3. The second-order valence-electron chi connectivity index (χ2n) is 8.02. The first-order chi connectivity index (χ1) is 18.1. The van der Waals surface area contributed by atoms with Gasteiger partial charge in [0, 0.05) is 41.8 Å². The molecule has 4 rings (SSSR count). The Kier molecular flexibility index (Phi) is 7.55. The van der Waals surface area contributed by atoms with Crippen molar-refractivity contribution in [1.29, 1.82) is 5.41 Å². The molecule has 0 atom stereocenters. The summed E-state index contributed by atoms with van der Waals surface area (Å²) in [5.74, 6) is -0.479. The molecule has 0 saturated heterocycles. The lowest BCUT2D eigenvalue weighted by molar-refractivity contribution is -0.115. The van der Waals surface area contributed by atoms with E-state index in [4.69, 9.17) is 5.41 Å². The molecule has 0 aliphatic heterocycles. The molecular weight excluding hydrogens is 511 g/mol. The Labute approximate surface area is 212 Å². The molecule has 2 heterocycles. The number of nitrogens with one attached hydrogen (secondary N) is 3. The summed E-state index contributed by atoms with van der Waals surface area (Å²) in [6.45, 7) is -1.91. The van der Waals surface area contributed by atoms with Crippen molar-refractivity contribution < 1.29 is 26.7 Å². The largest absolute Gasteiger partial charge is 0.435 e. The summed E-state index contributed by atoms with van der Waals surface area (Å²) in [5.41, 5.74) is 0.924. The second-order valence-corrected chi connectivity index (χ2v) is 8.02. The number of anilines is 1. The highest BCUT2D eigenvalue weighted by Crippen LogP contribution is 2.29. The van der Waals surface area contributed by atoms with Crippen LogP contribution in [-0.2, 0) is 0 Å². The average molecular weight is 532 g/mol. The normalized spacial score (nSPS) is 14.8. The van der Waals surface area contributed by atoms with E-state index in [9.17, 15) is 26.7 Å². The van der Waals surface area contributed by atoms with Crippen LogP contribution in [0.4, 0.5) is 27.9 Å².